The normalized spacial score (nSPS) is 18.9. The minimum Gasteiger partial charge on any atom is -0.493 e. The van der Waals surface area contributed by atoms with Crippen LogP contribution in [0.15, 0.2) is 12.1 Å². The van der Waals surface area contributed by atoms with Crippen LogP contribution in [0, 0.1) is 11.3 Å². The molecule has 0 aromatic heterocycles. The Morgan fingerprint density at radius 1 is 1.10 bits per heavy atom. The molecule has 162 valence electrons. The van der Waals surface area contributed by atoms with Gasteiger partial charge in [0.2, 0.25) is 5.91 Å². The Bertz CT molecular complexity index is 705. The second-order valence-electron chi connectivity index (χ2n) is 9.70. The summed E-state index contributed by atoms with van der Waals surface area (Å²) < 4.78 is 10.9. The van der Waals surface area contributed by atoms with E-state index in [1.807, 2.05) is 11.0 Å². The molecule has 1 atom stereocenters. The number of rotatable bonds is 6. The molecule has 5 nitrogen and oxygen atoms in total. The van der Waals surface area contributed by atoms with E-state index in [0.717, 1.165) is 36.6 Å². The first kappa shape index (κ1) is 21.9. The van der Waals surface area contributed by atoms with Gasteiger partial charge in [-0.15, -0.1) is 0 Å². The molecule has 1 aromatic rings. The zero-order chi connectivity index (χ0) is 21.0. The third-order valence-electron chi connectivity index (χ3n) is 6.48. The topological polar surface area (TPSA) is 50.8 Å². The first-order valence-electron chi connectivity index (χ1n) is 11.1. The second-order valence-corrected chi connectivity index (χ2v) is 9.70. The maximum atomic E-state index is 13.5. The lowest BCUT2D eigenvalue weighted by molar-refractivity contribution is -0.137. The molecule has 1 fully saturated rings. The molecule has 1 aromatic carbocycles. The third kappa shape index (κ3) is 5.25. The summed E-state index contributed by atoms with van der Waals surface area (Å²) in [5.74, 6) is 2.41. The van der Waals surface area contributed by atoms with Crippen LogP contribution in [0.1, 0.15) is 64.0 Å². The van der Waals surface area contributed by atoms with Gasteiger partial charge in [0.15, 0.2) is 11.5 Å². The second kappa shape index (κ2) is 9.38. The van der Waals surface area contributed by atoms with Crippen molar-refractivity contribution in [2.24, 2.45) is 11.3 Å². The first-order valence-corrected chi connectivity index (χ1v) is 11.1. The predicted molar refractivity (Wildman–Crippen MR) is 116 cm³/mol. The number of hydrogen-bond acceptors (Lipinski definition) is 4. The summed E-state index contributed by atoms with van der Waals surface area (Å²) in [6.45, 7) is 8.81. The van der Waals surface area contributed by atoms with Gasteiger partial charge in [0.25, 0.3) is 0 Å². The average Bonchev–Trinajstić information content (AvgIpc) is 2.72. The largest absolute Gasteiger partial charge is 0.493 e. The predicted octanol–water partition coefficient (Wildman–Crippen LogP) is 4.17. The maximum Gasteiger partial charge on any atom is 0.240 e. The van der Waals surface area contributed by atoms with Crippen molar-refractivity contribution >= 4 is 5.91 Å². The van der Waals surface area contributed by atoms with Crippen molar-refractivity contribution < 1.29 is 14.3 Å². The van der Waals surface area contributed by atoms with Crippen molar-refractivity contribution in [1.29, 1.82) is 0 Å². The van der Waals surface area contributed by atoms with Crippen molar-refractivity contribution in [1.82, 2.24) is 10.2 Å². The zero-order valence-corrected chi connectivity index (χ0v) is 18.8. The molecular weight excluding hydrogens is 364 g/mol. The van der Waals surface area contributed by atoms with Gasteiger partial charge >= 0.3 is 0 Å². The SMILES string of the molecule is COc1cc2c(cc1OC)CN(C(=O)[C@H](NCC1CCCCC1)C(C)(C)C)CC2. The van der Waals surface area contributed by atoms with Crippen LogP contribution in [-0.4, -0.2) is 44.2 Å². The number of amides is 1. The molecule has 0 bridgehead atoms. The van der Waals surface area contributed by atoms with Crippen molar-refractivity contribution in [3.05, 3.63) is 23.3 Å². The van der Waals surface area contributed by atoms with Crippen molar-refractivity contribution in [2.45, 2.75) is 71.9 Å². The number of methoxy groups -OCH3 is 2. The van der Waals surface area contributed by atoms with Crippen LogP contribution >= 0.6 is 0 Å². The Kier molecular flexibility index (Phi) is 7.10. The van der Waals surface area contributed by atoms with Crippen LogP contribution in [0.25, 0.3) is 0 Å². The number of nitrogens with zero attached hydrogens (tertiary/aromatic N) is 1. The molecule has 0 spiro atoms. The third-order valence-corrected chi connectivity index (χ3v) is 6.48. The van der Waals surface area contributed by atoms with E-state index < -0.39 is 0 Å². The highest BCUT2D eigenvalue weighted by Gasteiger charge is 2.36. The van der Waals surface area contributed by atoms with E-state index in [2.05, 4.69) is 32.2 Å². The monoisotopic (exact) mass is 402 g/mol. The minimum absolute atomic E-state index is 0.121. The number of carbonyl (C=O) groups is 1. The number of benzene rings is 1. The summed E-state index contributed by atoms with van der Waals surface area (Å²) >= 11 is 0. The summed E-state index contributed by atoms with van der Waals surface area (Å²) in [4.78, 5) is 15.5. The fourth-order valence-corrected chi connectivity index (χ4v) is 4.69. The van der Waals surface area contributed by atoms with Crippen LogP contribution in [0.3, 0.4) is 0 Å². The Labute approximate surface area is 176 Å². The van der Waals surface area contributed by atoms with Gasteiger partial charge in [0.1, 0.15) is 0 Å². The molecule has 1 saturated carbocycles. The van der Waals surface area contributed by atoms with Crippen LogP contribution < -0.4 is 14.8 Å². The lowest BCUT2D eigenvalue weighted by atomic mass is 9.83. The van der Waals surface area contributed by atoms with Crippen molar-refractivity contribution in [3.63, 3.8) is 0 Å². The molecule has 3 rings (SSSR count). The molecule has 1 amide bonds. The lowest BCUT2D eigenvalue weighted by Gasteiger charge is -2.38. The summed E-state index contributed by atoms with van der Waals surface area (Å²) in [5, 5.41) is 3.66. The molecule has 0 saturated heterocycles. The van der Waals surface area contributed by atoms with Gasteiger partial charge in [0, 0.05) is 13.1 Å². The zero-order valence-electron chi connectivity index (χ0n) is 18.8. The van der Waals surface area contributed by atoms with Gasteiger partial charge in [-0.2, -0.15) is 0 Å². The Morgan fingerprint density at radius 2 is 1.72 bits per heavy atom. The fraction of sp³-hybridized carbons (Fsp3) is 0.708. The van der Waals surface area contributed by atoms with Crippen LogP contribution in [0.5, 0.6) is 11.5 Å². The van der Waals surface area contributed by atoms with E-state index in [1.165, 1.54) is 37.7 Å². The molecule has 1 aliphatic heterocycles. The van der Waals surface area contributed by atoms with Crippen LogP contribution in [-0.2, 0) is 17.8 Å². The van der Waals surface area contributed by atoms with Crippen LogP contribution in [0.4, 0.5) is 0 Å². The van der Waals surface area contributed by atoms with Crippen molar-refractivity contribution in [3.8, 4) is 11.5 Å². The molecule has 1 N–H and O–H groups in total. The van der Waals surface area contributed by atoms with Gasteiger partial charge in [-0.25, -0.2) is 0 Å². The van der Waals surface area contributed by atoms with Crippen LogP contribution in [0.2, 0.25) is 0 Å². The van der Waals surface area contributed by atoms with Gasteiger partial charge in [0.05, 0.1) is 20.3 Å². The van der Waals surface area contributed by atoms with E-state index in [9.17, 15) is 4.79 Å². The van der Waals surface area contributed by atoms with E-state index >= 15 is 0 Å². The molecule has 5 heteroatoms. The number of nitrogens with one attached hydrogen (secondary N) is 1. The highest BCUT2D eigenvalue weighted by molar-refractivity contribution is 5.83. The smallest absolute Gasteiger partial charge is 0.240 e. The maximum absolute atomic E-state index is 13.5. The molecule has 2 aliphatic rings. The standard InChI is InChI=1S/C24H38N2O3/c1-24(2,3)22(25-15-17-9-7-6-8-10-17)23(27)26-12-11-18-13-20(28-4)21(29-5)14-19(18)16-26/h13-14,17,22,25H,6-12,15-16H2,1-5H3/t22-/m0/s1. The number of fused-ring (bicyclic) bond motifs is 1. The Morgan fingerprint density at radius 3 is 2.31 bits per heavy atom. The minimum atomic E-state index is -0.161. The molecule has 0 unspecified atom stereocenters. The van der Waals surface area contributed by atoms with Gasteiger partial charge in [-0.3, -0.25) is 4.79 Å². The molecule has 1 aliphatic carbocycles. The Balaban J connectivity index is 1.71. The molecule has 1 heterocycles. The summed E-state index contributed by atoms with van der Waals surface area (Å²) in [5.41, 5.74) is 2.28. The average molecular weight is 403 g/mol. The number of carbonyl (C=O) groups excluding carboxylic acids is 1. The van der Waals surface area contributed by atoms with E-state index in [0.29, 0.717) is 12.5 Å². The quantitative estimate of drug-likeness (QED) is 0.776. The van der Waals surface area contributed by atoms with Gasteiger partial charge in [-0.1, -0.05) is 40.0 Å². The number of ether oxygens (including phenoxy) is 2. The van der Waals surface area contributed by atoms with Gasteiger partial charge in [-0.05, 0) is 60.4 Å². The molecular formula is C24H38N2O3. The van der Waals surface area contributed by atoms with E-state index in [-0.39, 0.29) is 17.4 Å². The summed E-state index contributed by atoms with van der Waals surface area (Å²) in [7, 11) is 3.32. The highest BCUT2D eigenvalue weighted by Crippen LogP contribution is 2.34. The Hall–Kier alpha value is -1.75. The molecule has 0 radical (unpaired) electrons. The molecule has 29 heavy (non-hydrogen) atoms. The number of hydrogen-bond donors (Lipinski definition) is 1. The highest BCUT2D eigenvalue weighted by atomic mass is 16.5. The summed E-state index contributed by atoms with van der Waals surface area (Å²) in [6.07, 6.45) is 7.44. The summed E-state index contributed by atoms with van der Waals surface area (Å²) in [6, 6.07) is 3.92. The first-order chi connectivity index (χ1) is 13.8. The van der Waals surface area contributed by atoms with E-state index in [4.69, 9.17) is 9.47 Å². The van der Waals surface area contributed by atoms with E-state index in [1.54, 1.807) is 14.2 Å². The fourth-order valence-electron chi connectivity index (χ4n) is 4.69. The lowest BCUT2D eigenvalue weighted by Crippen LogP contribution is -2.54. The van der Waals surface area contributed by atoms with Crippen molar-refractivity contribution in [2.75, 3.05) is 27.3 Å². The van der Waals surface area contributed by atoms with Gasteiger partial charge < -0.3 is 19.7 Å².